The molecule has 2 N–H and O–H groups in total. The van der Waals surface area contributed by atoms with Crippen molar-refractivity contribution < 1.29 is 17.6 Å². The first-order chi connectivity index (χ1) is 9.96. The zero-order valence-corrected chi connectivity index (χ0v) is 11.9. The van der Waals surface area contributed by atoms with E-state index in [1.54, 1.807) is 30.3 Å². The summed E-state index contributed by atoms with van der Waals surface area (Å²) in [5, 5.41) is 4.16. The molecule has 21 heavy (non-hydrogen) atoms. The Kier molecular flexibility index (Phi) is 3.19. The van der Waals surface area contributed by atoms with Gasteiger partial charge in [-0.15, -0.1) is 4.83 Å². The lowest BCUT2D eigenvalue weighted by atomic mass is 10.1. The fourth-order valence-electron chi connectivity index (χ4n) is 2.19. The van der Waals surface area contributed by atoms with Crippen LogP contribution in [0.15, 0.2) is 47.3 Å². The van der Waals surface area contributed by atoms with Gasteiger partial charge in [0.25, 0.3) is 5.91 Å². The third-order valence-corrected chi connectivity index (χ3v) is 3.58. The number of nitrogens with zero attached hydrogens (tertiary/aromatic N) is 1. The zero-order chi connectivity index (χ0) is 15.0. The van der Waals surface area contributed by atoms with Gasteiger partial charge in [0.15, 0.2) is 0 Å². The number of nitrogens with one attached hydrogen (secondary N) is 2. The number of fused-ring (bicyclic) bond motifs is 1. The van der Waals surface area contributed by atoms with Crippen LogP contribution in [-0.4, -0.2) is 25.6 Å². The van der Waals surface area contributed by atoms with Gasteiger partial charge in [0.05, 0.1) is 24.3 Å². The molecule has 0 spiro atoms. The minimum Gasteiger partial charge on any atom is -0.472 e. The molecule has 110 valence electrons. The molecule has 7 nitrogen and oxygen atoms in total. The molecule has 1 aromatic carbocycles. The fraction of sp³-hybridized carbons (Fsp3) is 0.154. The first kappa shape index (κ1) is 13.7. The van der Waals surface area contributed by atoms with Gasteiger partial charge in [-0.25, -0.2) is 13.4 Å². The van der Waals surface area contributed by atoms with Gasteiger partial charge in [0.2, 0.25) is 10.0 Å². The Bertz CT molecular complexity index is 770. The topological polar surface area (TPSA) is 91.7 Å². The Morgan fingerprint density at radius 2 is 2.05 bits per heavy atom. The van der Waals surface area contributed by atoms with Gasteiger partial charge in [0, 0.05) is 11.3 Å². The van der Waals surface area contributed by atoms with Crippen LogP contribution in [0.5, 0.6) is 0 Å². The Morgan fingerprint density at radius 3 is 2.71 bits per heavy atom. The van der Waals surface area contributed by atoms with Crippen LogP contribution in [0.2, 0.25) is 0 Å². The van der Waals surface area contributed by atoms with Crippen LogP contribution in [0.4, 0.5) is 5.69 Å². The van der Waals surface area contributed by atoms with E-state index < -0.39 is 22.1 Å². The summed E-state index contributed by atoms with van der Waals surface area (Å²) >= 11 is 0. The lowest BCUT2D eigenvalue weighted by molar-refractivity contribution is 0.0633. The number of hydrazine groups is 1. The molecule has 0 fully saturated rings. The number of amides is 1. The summed E-state index contributed by atoms with van der Waals surface area (Å²) in [5.41, 5.74) is 1.67. The molecule has 0 aliphatic carbocycles. The second-order valence-electron chi connectivity index (χ2n) is 4.69. The molecule has 0 radical (unpaired) electrons. The first-order valence-corrected chi connectivity index (χ1v) is 8.03. The monoisotopic (exact) mass is 307 g/mol. The number of anilines is 1. The predicted molar refractivity (Wildman–Crippen MR) is 75.7 cm³/mol. The Morgan fingerprint density at radius 1 is 1.29 bits per heavy atom. The van der Waals surface area contributed by atoms with Crippen molar-refractivity contribution in [1.82, 2.24) is 9.84 Å². The standard InChI is InChI=1S/C13H13N3O4S/c1-21(18,19)15-16-12(9-6-7-20-8-9)14-11-5-3-2-4-10(11)13(16)17/h2-8,12,14-15H,1H3/t12-/m0/s1. The summed E-state index contributed by atoms with van der Waals surface area (Å²) in [5.74, 6) is -0.430. The molecule has 8 heteroatoms. The van der Waals surface area contributed by atoms with Crippen molar-refractivity contribution in [2.75, 3.05) is 11.6 Å². The Hall–Kier alpha value is -2.32. The van der Waals surface area contributed by atoms with Crippen molar-refractivity contribution in [2.24, 2.45) is 0 Å². The average molecular weight is 307 g/mol. The third-order valence-electron chi connectivity index (χ3n) is 3.05. The van der Waals surface area contributed by atoms with Crippen LogP contribution < -0.4 is 10.1 Å². The van der Waals surface area contributed by atoms with Gasteiger partial charge in [-0.05, 0) is 18.2 Å². The van der Waals surface area contributed by atoms with E-state index in [1.807, 2.05) is 0 Å². The smallest absolute Gasteiger partial charge is 0.273 e. The maximum atomic E-state index is 12.5. The summed E-state index contributed by atoms with van der Waals surface area (Å²) in [6.07, 6.45) is 3.23. The predicted octanol–water partition coefficient (Wildman–Crippen LogP) is 1.31. The lowest BCUT2D eigenvalue weighted by Gasteiger charge is -2.36. The van der Waals surface area contributed by atoms with Crippen molar-refractivity contribution in [1.29, 1.82) is 0 Å². The maximum absolute atomic E-state index is 12.5. The molecule has 1 atom stereocenters. The van der Waals surface area contributed by atoms with E-state index in [2.05, 4.69) is 10.1 Å². The summed E-state index contributed by atoms with van der Waals surface area (Å²) in [4.78, 5) is 14.8. The lowest BCUT2D eigenvalue weighted by Crippen LogP contribution is -2.52. The number of para-hydroxylation sites is 1. The van der Waals surface area contributed by atoms with E-state index >= 15 is 0 Å². The molecule has 0 unspecified atom stereocenters. The normalized spacial score (nSPS) is 18.2. The highest BCUT2D eigenvalue weighted by Crippen LogP contribution is 2.32. The van der Waals surface area contributed by atoms with E-state index in [0.717, 1.165) is 11.3 Å². The van der Waals surface area contributed by atoms with Crippen LogP contribution in [0.3, 0.4) is 0 Å². The molecule has 2 heterocycles. The molecule has 3 rings (SSSR count). The maximum Gasteiger partial charge on any atom is 0.273 e. The number of carbonyl (C=O) groups excluding carboxylic acids is 1. The summed E-state index contributed by atoms with van der Waals surface area (Å²) < 4.78 is 28.0. The molecule has 1 aliphatic rings. The van der Waals surface area contributed by atoms with Gasteiger partial charge in [-0.2, -0.15) is 0 Å². The van der Waals surface area contributed by atoms with Gasteiger partial charge >= 0.3 is 0 Å². The molecular weight excluding hydrogens is 294 g/mol. The van der Waals surface area contributed by atoms with Gasteiger partial charge in [-0.1, -0.05) is 12.1 Å². The van der Waals surface area contributed by atoms with Crippen LogP contribution in [0.1, 0.15) is 22.1 Å². The van der Waals surface area contributed by atoms with Crippen LogP contribution in [0, 0.1) is 0 Å². The van der Waals surface area contributed by atoms with E-state index in [9.17, 15) is 13.2 Å². The number of hydrogen-bond donors (Lipinski definition) is 2. The molecule has 2 aromatic rings. The van der Waals surface area contributed by atoms with Crippen molar-refractivity contribution >= 4 is 21.6 Å². The fourth-order valence-corrected chi connectivity index (χ4v) is 2.74. The van der Waals surface area contributed by atoms with Crippen molar-refractivity contribution in [2.45, 2.75) is 6.17 Å². The zero-order valence-electron chi connectivity index (χ0n) is 11.1. The van der Waals surface area contributed by atoms with E-state index in [-0.39, 0.29) is 0 Å². The second kappa shape index (κ2) is 4.90. The molecule has 1 aromatic heterocycles. The van der Waals surface area contributed by atoms with Crippen LogP contribution in [0.25, 0.3) is 0 Å². The van der Waals surface area contributed by atoms with E-state index in [4.69, 9.17) is 4.42 Å². The first-order valence-electron chi connectivity index (χ1n) is 6.14. The average Bonchev–Trinajstić information content (AvgIpc) is 2.94. The van der Waals surface area contributed by atoms with Crippen molar-refractivity contribution in [3.05, 3.63) is 54.0 Å². The number of carbonyl (C=O) groups is 1. The number of rotatable bonds is 3. The highest BCUT2D eigenvalue weighted by Gasteiger charge is 2.35. The molecular formula is C13H13N3O4S. The molecule has 0 bridgehead atoms. The van der Waals surface area contributed by atoms with Crippen LogP contribution in [-0.2, 0) is 10.0 Å². The number of benzene rings is 1. The Labute approximate surface area is 121 Å². The summed E-state index contributed by atoms with van der Waals surface area (Å²) in [6, 6.07) is 8.57. The highest BCUT2D eigenvalue weighted by atomic mass is 32.2. The molecule has 1 aliphatic heterocycles. The van der Waals surface area contributed by atoms with E-state index in [0.29, 0.717) is 16.8 Å². The highest BCUT2D eigenvalue weighted by molar-refractivity contribution is 7.88. The van der Waals surface area contributed by atoms with E-state index in [1.165, 1.54) is 12.5 Å². The van der Waals surface area contributed by atoms with Crippen molar-refractivity contribution in [3.63, 3.8) is 0 Å². The minimum atomic E-state index is -3.60. The molecule has 0 saturated heterocycles. The van der Waals surface area contributed by atoms with Gasteiger partial charge in [0.1, 0.15) is 6.17 Å². The van der Waals surface area contributed by atoms with Gasteiger partial charge in [-0.3, -0.25) is 4.79 Å². The quantitative estimate of drug-likeness (QED) is 0.892. The number of sulfonamides is 1. The summed E-state index contributed by atoms with van der Waals surface area (Å²) in [6.45, 7) is 0. The largest absolute Gasteiger partial charge is 0.472 e. The van der Waals surface area contributed by atoms with Crippen LogP contribution >= 0.6 is 0 Å². The third kappa shape index (κ3) is 2.63. The Balaban J connectivity index is 2.07. The summed E-state index contributed by atoms with van der Waals surface area (Å²) in [7, 11) is -3.60. The second-order valence-corrected chi connectivity index (χ2v) is 6.41. The molecule has 0 saturated carbocycles. The number of furan rings is 1. The van der Waals surface area contributed by atoms with Gasteiger partial charge < -0.3 is 9.73 Å². The SMILES string of the molecule is CS(=O)(=O)NN1C(=O)c2ccccc2N[C@@H]1c1ccoc1. The molecule has 1 amide bonds. The minimum absolute atomic E-state index is 0.397. The van der Waals surface area contributed by atoms with Crippen molar-refractivity contribution in [3.8, 4) is 0 Å². The number of hydrogen-bond acceptors (Lipinski definition) is 5.